The van der Waals surface area contributed by atoms with Crippen LogP contribution >= 0.6 is 24.0 Å². The topological polar surface area (TPSA) is 20.7 Å². The fraction of sp³-hybridized carbons (Fsp3) is 0.625. The average Bonchev–Trinajstić information content (AvgIpc) is 2.58. The van der Waals surface area contributed by atoms with Crippen LogP contribution in [0, 0.1) is 11.7 Å². The van der Waals surface area contributed by atoms with Crippen LogP contribution in [0.5, 0.6) is 0 Å². The molecular formula is C8H12N2S2. The summed E-state index contributed by atoms with van der Waals surface area (Å²) < 4.78 is 3.07. The van der Waals surface area contributed by atoms with Gasteiger partial charge >= 0.3 is 0 Å². The van der Waals surface area contributed by atoms with Crippen LogP contribution in [0.1, 0.15) is 18.2 Å². The van der Waals surface area contributed by atoms with E-state index in [1.54, 1.807) is 0 Å². The Morgan fingerprint density at radius 1 is 1.75 bits per heavy atom. The fourth-order valence-corrected chi connectivity index (χ4v) is 3.11. The van der Waals surface area contributed by atoms with E-state index in [9.17, 15) is 0 Å². The lowest BCUT2D eigenvalue weighted by molar-refractivity contribution is 0.553. The SMILES string of the molecule is Cc1cn(C2CCSC2)c(=S)[nH]1. The van der Waals surface area contributed by atoms with E-state index in [-0.39, 0.29) is 0 Å². The molecule has 0 spiro atoms. The van der Waals surface area contributed by atoms with Crippen molar-refractivity contribution in [2.45, 2.75) is 19.4 Å². The molecule has 1 N–H and O–H groups in total. The van der Waals surface area contributed by atoms with Gasteiger partial charge < -0.3 is 9.55 Å². The minimum absolute atomic E-state index is 0.632. The summed E-state index contributed by atoms with van der Waals surface area (Å²) in [7, 11) is 0. The van der Waals surface area contributed by atoms with Crippen molar-refractivity contribution in [2.24, 2.45) is 0 Å². The number of hydrogen-bond donors (Lipinski definition) is 1. The molecular weight excluding hydrogens is 188 g/mol. The van der Waals surface area contributed by atoms with Crippen LogP contribution in [0.25, 0.3) is 0 Å². The summed E-state index contributed by atoms with van der Waals surface area (Å²) >= 11 is 7.22. The third kappa shape index (κ3) is 1.45. The second-order valence-electron chi connectivity index (χ2n) is 3.17. The molecule has 12 heavy (non-hydrogen) atoms. The van der Waals surface area contributed by atoms with Crippen LogP contribution in [-0.2, 0) is 0 Å². The quantitative estimate of drug-likeness (QED) is 0.703. The van der Waals surface area contributed by atoms with Crippen LogP contribution in [0.3, 0.4) is 0 Å². The lowest BCUT2D eigenvalue weighted by Crippen LogP contribution is -2.06. The van der Waals surface area contributed by atoms with Gasteiger partial charge in [-0.3, -0.25) is 0 Å². The summed E-state index contributed by atoms with van der Waals surface area (Å²) in [6.45, 7) is 2.05. The summed E-state index contributed by atoms with van der Waals surface area (Å²) in [5.74, 6) is 2.49. The molecule has 2 nitrogen and oxygen atoms in total. The van der Waals surface area contributed by atoms with Crippen molar-refractivity contribution in [1.29, 1.82) is 0 Å². The van der Waals surface area contributed by atoms with Crippen molar-refractivity contribution < 1.29 is 0 Å². The number of nitrogens with zero attached hydrogens (tertiary/aromatic N) is 1. The van der Waals surface area contributed by atoms with E-state index in [1.807, 2.05) is 18.7 Å². The van der Waals surface area contributed by atoms with Gasteiger partial charge in [0.2, 0.25) is 0 Å². The number of nitrogens with one attached hydrogen (secondary N) is 1. The van der Waals surface area contributed by atoms with Crippen LogP contribution in [0.4, 0.5) is 0 Å². The van der Waals surface area contributed by atoms with Crippen LogP contribution in [0.15, 0.2) is 6.20 Å². The molecule has 0 radical (unpaired) electrons. The van der Waals surface area contributed by atoms with E-state index in [0.717, 1.165) is 10.5 Å². The zero-order chi connectivity index (χ0) is 8.55. The summed E-state index contributed by atoms with van der Waals surface area (Å²) in [6, 6.07) is 0.632. The summed E-state index contributed by atoms with van der Waals surface area (Å²) in [5, 5.41) is 0. The smallest absolute Gasteiger partial charge is 0.177 e. The van der Waals surface area contributed by atoms with E-state index in [4.69, 9.17) is 12.2 Å². The van der Waals surface area contributed by atoms with Gasteiger partial charge in [0.05, 0.1) is 0 Å². The molecule has 2 rings (SSSR count). The lowest BCUT2D eigenvalue weighted by Gasteiger charge is -2.08. The molecule has 0 aliphatic carbocycles. The Balaban J connectivity index is 2.32. The van der Waals surface area contributed by atoms with E-state index in [1.165, 1.54) is 17.9 Å². The highest BCUT2D eigenvalue weighted by Gasteiger charge is 2.17. The number of imidazole rings is 1. The second kappa shape index (κ2) is 3.26. The van der Waals surface area contributed by atoms with E-state index >= 15 is 0 Å². The first-order chi connectivity index (χ1) is 5.77. The zero-order valence-corrected chi connectivity index (χ0v) is 8.67. The number of H-pyrrole nitrogens is 1. The number of hydrogen-bond acceptors (Lipinski definition) is 2. The second-order valence-corrected chi connectivity index (χ2v) is 4.70. The Morgan fingerprint density at radius 2 is 2.58 bits per heavy atom. The lowest BCUT2D eigenvalue weighted by atomic mass is 10.3. The number of aromatic nitrogens is 2. The number of thioether (sulfide) groups is 1. The Kier molecular flexibility index (Phi) is 2.28. The van der Waals surface area contributed by atoms with Gasteiger partial charge in [-0.15, -0.1) is 0 Å². The standard InChI is InChI=1S/C8H12N2S2/c1-6-4-10(8(11)9-6)7-2-3-12-5-7/h4,7H,2-3,5H2,1H3,(H,9,11). The van der Waals surface area contributed by atoms with Gasteiger partial charge in [-0.05, 0) is 31.3 Å². The van der Waals surface area contributed by atoms with Gasteiger partial charge in [-0.1, -0.05) is 0 Å². The van der Waals surface area contributed by atoms with E-state index < -0.39 is 0 Å². The maximum Gasteiger partial charge on any atom is 0.177 e. The molecule has 1 fully saturated rings. The summed E-state index contributed by atoms with van der Waals surface area (Å²) in [4.78, 5) is 3.15. The molecule has 1 aromatic heterocycles. The summed E-state index contributed by atoms with van der Waals surface area (Å²) in [6.07, 6.45) is 3.38. The van der Waals surface area contributed by atoms with E-state index in [0.29, 0.717) is 6.04 Å². The number of rotatable bonds is 1. The molecule has 0 bridgehead atoms. The van der Waals surface area contributed by atoms with E-state index in [2.05, 4.69) is 15.7 Å². The van der Waals surface area contributed by atoms with Gasteiger partial charge in [-0.25, -0.2) is 0 Å². The average molecular weight is 200 g/mol. The molecule has 1 unspecified atom stereocenters. The van der Waals surface area contributed by atoms with Crippen molar-refractivity contribution in [2.75, 3.05) is 11.5 Å². The molecule has 1 saturated heterocycles. The zero-order valence-electron chi connectivity index (χ0n) is 7.04. The molecule has 0 aromatic carbocycles. The van der Waals surface area contributed by atoms with Crippen molar-refractivity contribution >= 4 is 24.0 Å². The van der Waals surface area contributed by atoms with Crippen molar-refractivity contribution in [3.8, 4) is 0 Å². The van der Waals surface area contributed by atoms with Crippen molar-refractivity contribution in [3.05, 3.63) is 16.7 Å². The highest BCUT2D eigenvalue weighted by molar-refractivity contribution is 7.99. The van der Waals surface area contributed by atoms with Gasteiger partial charge in [0.25, 0.3) is 0 Å². The van der Waals surface area contributed by atoms with Crippen LogP contribution < -0.4 is 0 Å². The first kappa shape index (κ1) is 8.38. The predicted molar refractivity (Wildman–Crippen MR) is 55.3 cm³/mol. The maximum atomic E-state index is 5.21. The summed E-state index contributed by atoms with van der Waals surface area (Å²) in [5.41, 5.74) is 1.16. The normalized spacial score (nSPS) is 23.2. The molecule has 0 saturated carbocycles. The first-order valence-corrected chi connectivity index (χ1v) is 5.69. The molecule has 1 atom stereocenters. The van der Waals surface area contributed by atoms with Gasteiger partial charge in [0.15, 0.2) is 4.77 Å². The Morgan fingerprint density at radius 3 is 3.08 bits per heavy atom. The minimum Gasteiger partial charge on any atom is -0.335 e. The number of aromatic amines is 1. The molecule has 4 heteroatoms. The minimum atomic E-state index is 0.632. The third-order valence-electron chi connectivity index (χ3n) is 2.17. The third-order valence-corrected chi connectivity index (χ3v) is 3.63. The molecule has 66 valence electrons. The van der Waals surface area contributed by atoms with Crippen LogP contribution in [0.2, 0.25) is 0 Å². The largest absolute Gasteiger partial charge is 0.335 e. The Bertz CT molecular complexity index is 320. The first-order valence-electron chi connectivity index (χ1n) is 4.13. The fourth-order valence-electron chi connectivity index (χ4n) is 1.55. The highest BCUT2D eigenvalue weighted by Crippen LogP contribution is 2.28. The molecule has 1 aromatic rings. The molecule has 0 amide bonds. The molecule has 1 aliphatic rings. The predicted octanol–water partition coefficient (Wildman–Crippen LogP) is 2.53. The van der Waals surface area contributed by atoms with Crippen LogP contribution in [-0.4, -0.2) is 21.1 Å². The molecule has 2 heterocycles. The van der Waals surface area contributed by atoms with Gasteiger partial charge in [0.1, 0.15) is 0 Å². The maximum absolute atomic E-state index is 5.21. The van der Waals surface area contributed by atoms with Gasteiger partial charge in [-0.2, -0.15) is 11.8 Å². The van der Waals surface area contributed by atoms with Gasteiger partial charge in [0, 0.05) is 23.7 Å². The monoisotopic (exact) mass is 200 g/mol. The Labute approximate surface area is 81.4 Å². The molecule has 1 aliphatic heterocycles. The Hall–Kier alpha value is -0.220. The van der Waals surface area contributed by atoms with Crippen molar-refractivity contribution in [3.63, 3.8) is 0 Å². The van der Waals surface area contributed by atoms with Crippen molar-refractivity contribution in [1.82, 2.24) is 9.55 Å². The number of aryl methyl sites for hydroxylation is 1. The highest BCUT2D eigenvalue weighted by atomic mass is 32.2.